The van der Waals surface area contributed by atoms with Crippen molar-refractivity contribution in [1.29, 1.82) is 0 Å². The fourth-order valence-corrected chi connectivity index (χ4v) is 3.38. The van der Waals surface area contributed by atoms with Crippen LogP contribution in [0.3, 0.4) is 0 Å². The van der Waals surface area contributed by atoms with Crippen LogP contribution in [-0.4, -0.2) is 26.2 Å². The minimum Gasteiger partial charge on any atom is -0.303 e. The van der Waals surface area contributed by atoms with Crippen LogP contribution >= 0.6 is 0 Å². The van der Waals surface area contributed by atoms with Crippen LogP contribution in [0, 0.1) is 5.92 Å². The molecule has 13 heavy (non-hydrogen) atoms. The zero-order chi connectivity index (χ0) is 9.73. The number of hydrogen-bond donors (Lipinski definition) is 0. The summed E-state index contributed by atoms with van der Waals surface area (Å²) in [4.78, 5) is 9.96. The van der Waals surface area contributed by atoms with E-state index in [1.807, 2.05) is 6.08 Å². The Kier molecular flexibility index (Phi) is 3.66. The quantitative estimate of drug-likeness (QED) is 0.504. The molecule has 0 N–H and O–H groups in total. The summed E-state index contributed by atoms with van der Waals surface area (Å²) in [6.07, 6.45) is 6.51. The molecule has 1 atom stereocenters. The second-order valence-corrected chi connectivity index (χ2v) is 5.61. The van der Waals surface area contributed by atoms with Crippen LogP contribution in [0.4, 0.5) is 0 Å². The van der Waals surface area contributed by atoms with Gasteiger partial charge in [-0.2, -0.15) is 0 Å². The highest BCUT2D eigenvalue weighted by atomic mass is 32.2. The van der Waals surface area contributed by atoms with Crippen LogP contribution in [0.15, 0.2) is 12.2 Å². The molecule has 74 valence electrons. The van der Waals surface area contributed by atoms with Crippen molar-refractivity contribution in [2.75, 3.05) is 11.5 Å². The van der Waals surface area contributed by atoms with E-state index in [4.69, 9.17) is 0 Å². The monoisotopic (exact) mass is 202 g/mol. The van der Waals surface area contributed by atoms with Gasteiger partial charge in [0, 0.05) is 6.42 Å². The van der Waals surface area contributed by atoms with Gasteiger partial charge >= 0.3 is 0 Å². The summed E-state index contributed by atoms with van der Waals surface area (Å²) in [6, 6.07) is 0. The highest BCUT2D eigenvalue weighted by molar-refractivity contribution is 7.91. The standard InChI is InChI=1S/C9H14O3S/c10-6-3-1-2-4-9-5-7-13(11,12)8-9/h1-2,6,9H,3-5,7-8H2/b2-1-. The van der Waals surface area contributed by atoms with Gasteiger partial charge in [-0.1, -0.05) is 12.2 Å². The summed E-state index contributed by atoms with van der Waals surface area (Å²) in [6.45, 7) is 0. The van der Waals surface area contributed by atoms with Gasteiger partial charge in [-0.25, -0.2) is 8.42 Å². The molecule has 1 aliphatic rings. The van der Waals surface area contributed by atoms with Crippen LogP contribution in [0.2, 0.25) is 0 Å². The molecule has 0 aliphatic carbocycles. The lowest BCUT2D eigenvalue weighted by Crippen LogP contribution is -2.03. The molecule has 1 unspecified atom stereocenters. The average molecular weight is 202 g/mol. The van der Waals surface area contributed by atoms with E-state index in [-0.39, 0.29) is 5.92 Å². The average Bonchev–Trinajstić information content (AvgIpc) is 2.40. The summed E-state index contributed by atoms with van der Waals surface area (Å²) in [5.41, 5.74) is 0. The summed E-state index contributed by atoms with van der Waals surface area (Å²) in [5.74, 6) is 0.922. The number of carbonyl (C=O) groups is 1. The van der Waals surface area contributed by atoms with Crippen molar-refractivity contribution >= 4 is 16.1 Å². The minimum atomic E-state index is -2.74. The lowest BCUT2D eigenvalue weighted by atomic mass is 10.1. The molecule has 0 bridgehead atoms. The maximum Gasteiger partial charge on any atom is 0.150 e. The Morgan fingerprint density at radius 3 is 2.62 bits per heavy atom. The number of sulfone groups is 1. The van der Waals surface area contributed by atoms with Crippen molar-refractivity contribution in [1.82, 2.24) is 0 Å². The van der Waals surface area contributed by atoms with Gasteiger partial charge in [0.2, 0.25) is 0 Å². The lowest BCUT2D eigenvalue weighted by molar-refractivity contribution is -0.107. The van der Waals surface area contributed by atoms with E-state index in [2.05, 4.69) is 0 Å². The zero-order valence-electron chi connectivity index (χ0n) is 7.48. The van der Waals surface area contributed by atoms with Crippen molar-refractivity contribution < 1.29 is 13.2 Å². The summed E-state index contributed by atoms with van der Waals surface area (Å²) >= 11 is 0. The van der Waals surface area contributed by atoms with Crippen LogP contribution in [-0.2, 0) is 14.6 Å². The lowest BCUT2D eigenvalue weighted by Gasteiger charge is -2.00. The predicted octanol–water partition coefficient (Wildman–Crippen LogP) is 0.956. The molecule has 0 aromatic rings. The van der Waals surface area contributed by atoms with Crippen molar-refractivity contribution in [3.63, 3.8) is 0 Å². The minimum absolute atomic E-state index is 0.271. The number of rotatable bonds is 4. The van der Waals surface area contributed by atoms with Gasteiger partial charge in [-0.3, -0.25) is 0 Å². The van der Waals surface area contributed by atoms with Crippen molar-refractivity contribution in [3.8, 4) is 0 Å². The first-order chi connectivity index (χ1) is 6.14. The van der Waals surface area contributed by atoms with Gasteiger partial charge < -0.3 is 4.79 Å². The van der Waals surface area contributed by atoms with Gasteiger partial charge in [-0.05, 0) is 18.8 Å². The molecule has 3 nitrogen and oxygen atoms in total. The second kappa shape index (κ2) is 4.56. The van der Waals surface area contributed by atoms with Crippen molar-refractivity contribution in [3.05, 3.63) is 12.2 Å². The number of allylic oxidation sites excluding steroid dienone is 2. The van der Waals surface area contributed by atoms with Crippen LogP contribution < -0.4 is 0 Å². The third-order valence-electron chi connectivity index (χ3n) is 2.20. The fourth-order valence-electron chi connectivity index (χ4n) is 1.50. The molecule has 0 aromatic carbocycles. The molecule has 0 spiro atoms. The molecule has 4 heteroatoms. The van der Waals surface area contributed by atoms with Crippen molar-refractivity contribution in [2.24, 2.45) is 5.92 Å². The van der Waals surface area contributed by atoms with Crippen LogP contribution in [0.25, 0.3) is 0 Å². The second-order valence-electron chi connectivity index (χ2n) is 3.38. The first-order valence-corrected chi connectivity index (χ1v) is 6.25. The van der Waals surface area contributed by atoms with Gasteiger partial charge in [-0.15, -0.1) is 0 Å². The third-order valence-corrected chi connectivity index (χ3v) is 4.03. The molecule has 1 rings (SSSR count). The molecule has 0 aromatic heterocycles. The van der Waals surface area contributed by atoms with Crippen LogP contribution in [0.1, 0.15) is 19.3 Å². The topological polar surface area (TPSA) is 51.2 Å². The Labute approximate surface area is 78.8 Å². The highest BCUT2D eigenvalue weighted by Crippen LogP contribution is 2.21. The molecule has 1 heterocycles. The van der Waals surface area contributed by atoms with E-state index in [1.54, 1.807) is 6.08 Å². The maximum absolute atomic E-state index is 11.0. The van der Waals surface area contributed by atoms with Gasteiger partial charge in [0.15, 0.2) is 9.84 Å². The van der Waals surface area contributed by atoms with Gasteiger partial charge in [0.05, 0.1) is 11.5 Å². The first-order valence-electron chi connectivity index (χ1n) is 4.43. The first kappa shape index (κ1) is 10.4. The SMILES string of the molecule is O=CC/C=C\CC1CCS(=O)(=O)C1. The molecule has 0 amide bonds. The smallest absolute Gasteiger partial charge is 0.150 e. The predicted molar refractivity (Wildman–Crippen MR) is 51.2 cm³/mol. The summed E-state index contributed by atoms with van der Waals surface area (Å²) in [5, 5.41) is 0. The highest BCUT2D eigenvalue weighted by Gasteiger charge is 2.26. The Bertz CT molecular complexity index is 290. The van der Waals surface area contributed by atoms with E-state index in [1.165, 1.54) is 0 Å². The zero-order valence-corrected chi connectivity index (χ0v) is 8.29. The Morgan fingerprint density at radius 1 is 1.31 bits per heavy atom. The number of aldehydes is 1. The van der Waals surface area contributed by atoms with Gasteiger partial charge in [0.1, 0.15) is 6.29 Å². The Morgan fingerprint density at radius 2 is 2.08 bits per heavy atom. The molecule has 0 saturated carbocycles. The van der Waals surface area contributed by atoms with Gasteiger partial charge in [0.25, 0.3) is 0 Å². The van der Waals surface area contributed by atoms with E-state index in [0.29, 0.717) is 17.9 Å². The molecule has 1 aliphatic heterocycles. The molecule has 1 saturated heterocycles. The maximum atomic E-state index is 11.0. The fraction of sp³-hybridized carbons (Fsp3) is 0.667. The van der Waals surface area contributed by atoms with Crippen LogP contribution in [0.5, 0.6) is 0 Å². The number of carbonyl (C=O) groups excluding carboxylic acids is 1. The molecular weight excluding hydrogens is 188 g/mol. The summed E-state index contributed by atoms with van der Waals surface area (Å²) < 4.78 is 22.1. The largest absolute Gasteiger partial charge is 0.303 e. The molecule has 1 fully saturated rings. The number of hydrogen-bond acceptors (Lipinski definition) is 3. The normalized spacial score (nSPS) is 26.6. The van der Waals surface area contributed by atoms with E-state index < -0.39 is 9.84 Å². The third kappa shape index (κ3) is 3.72. The van der Waals surface area contributed by atoms with E-state index in [0.717, 1.165) is 19.1 Å². The van der Waals surface area contributed by atoms with Crippen molar-refractivity contribution in [2.45, 2.75) is 19.3 Å². The Balaban J connectivity index is 2.29. The molecular formula is C9H14O3S. The summed E-state index contributed by atoms with van der Waals surface area (Å²) in [7, 11) is -2.74. The van der Waals surface area contributed by atoms with E-state index in [9.17, 15) is 13.2 Å². The Hall–Kier alpha value is -0.640. The van der Waals surface area contributed by atoms with E-state index >= 15 is 0 Å². The molecule has 0 radical (unpaired) electrons.